The Morgan fingerprint density at radius 1 is 1.53 bits per heavy atom. The summed E-state index contributed by atoms with van der Waals surface area (Å²) < 4.78 is 44.6. The number of hydrogen-bond acceptors (Lipinski definition) is 4. The molecule has 1 aromatic heterocycles. The van der Waals surface area contributed by atoms with Gasteiger partial charge in [0.15, 0.2) is 6.29 Å². The molecule has 1 heterocycles. The molecule has 17 heavy (non-hydrogen) atoms. The maximum atomic E-state index is 12.1. The van der Waals surface area contributed by atoms with Gasteiger partial charge in [0.2, 0.25) is 5.88 Å². The highest BCUT2D eigenvalue weighted by Crippen LogP contribution is 2.29. The molecular formula is C9H7ClF3NO3. The van der Waals surface area contributed by atoms with Crippen molar-refractivity contribution in [3.05, 3.63) is 17.3 Å². The molecule has 0 spiro atoms. The number of carbonyl (C=O) groups excluding carboxylic acids is 1. The minimum atomic E-state index is -4.90. The molecule has 4 nitrogen and oxygen atoms in total. The lowest BCUT2D eigenvalue weighted by Crippen LogP contribution is -2.19. The molecule has 0 bridgehead atoms. The minimum absolute atomic E-state index is 0.0218. The molecule has 94 valence electrons. The van der Waals surface area contributed by atoms with Crippen LogP contribution in [0.1, 0.15) is 16.1 Å². The number of methoxy groups -OCH3 is 1. The monoisotopic (exact) mass is 269 g/mol. The fourth-order valence-corrected chi connectivity index (χ4v) is 1.26. The lowest BCUT2D eigenvalue weighted by molar-refractivity contribution is -0.276. The highest BCUT2D eigenvalue weighted by molar-refractivity contribution is 6.17. The van der Waals surface area contributed by atoms with Gasteiger partial charge < -0.3 is 9.47 Å². The van der Waals surface area contributed by atoms with Crippen LogP contribution >= 0.6 is 11.6 Å². The Balaban J connectivity index is 3.24. The zero-order chi connectivity index (χ0) is 13.1. The molecule has 0 N–H and O–H groups in total. The molecule has 0 aliphatic rings. The summed E-state index contributed by atoms with van der Waals surface area (Å²) in [5, 5.41) is 0. The van der Waals surface area contributed by atoms with Crippen molar-refractivity contribution in [2.75, 3.05) is 7.11 Å². The Morgan fingerprint density at radius 2 is 2.18 bits per heavy atom. The number of aldehydes is 1. The number of rotatable bonds is 4. The minimum Gasteiger partial charge on any atom is -0.494 e. The second kappa shape index (κ2) is 5.22. The third kappa shape index (κ3) is 3.48. The summed E-state index contributed by atoms with van der Waals surface area (Å²) in [6.07, 6.45) is -4.64. The fraction of sp³-hybridized carbons (Fsp3) is 0.333. The molecule has 0 aliphatic heterocycles. The third-order valence-electron chi connectivity index (χ3n) is 1.74. The number of ether oxygens (including phenoxy) is 2. The van der Waals surface area contributed by atoms with Gasteiger partial charge in [0.05, 0.1) is 13.0 Å². The molecule has 0 amide bonds. The van der Waals surface area contributed by atoms with Crippen LogP contribution in [0.25, 0.3) is 0 Å². The van der Waals surface area contributed by atoms with Crippen molar-refractivity contribution >= 4 is 17.9 Å². The van der Waals surface area contributed by atoms with E-state index in [0.29, 0.717) is 0 Å². The van der Waals surface area contributed by atoms with Crippen molar-refractivity contribution in [3.8, 4) is 11.6 Å². The van der Waals surface area contributed by atoms with E-state index < -0.39 is 12.2 Å². The average molecular weight is 270 g/mol. The van der Waals surface area contributed by atoms with Crippen LogP contribution in [0.4, 0.5) is 13.2 Å². The lowest BCUT2D eigenvalue weighted by atomic mass is 10.2. The second-order valence-corrected chi connectivity index (χ2v) is 3.11. The Morgan fingerprint density at radius 3 is 2.59 bits per heavy atom. The zero-order valence-electron chi connectivity index (χ0n) is 8.55. The molecule has 0 fully saturated rings. The van der Waals surface area contributed by atoms with Crippen LogP contribution in [0.5, 0.6) is 11.6 Å². The molecule has 0 aliphatic carbocycles. The number of pyridine rings is 1. The van der Waals surface area contributed by atoms with Crippen LogP contribution in [0.2, 0.25) is 0 Å². The summed E-state index contributed by atoms with van der Waals surface area (Å²) in [6.45, 7) is 0. The van der Waals surface area contributed by atoms with E-state index in [1.54, 1.807) is 0 Å². The van der Waals surface area contributed by atoms with Crippen molar-refractivity contribution in [2.45, 2.75) is 12.2 Å². The number of halogens is 4. The van der Waals surface area contributed by atoms with Crippen molar-refractivity contribution in [1.29, 1.82) is 0 Å². The number of aromatic nitrogens is 1. The smallest absolute Gasteiger partial charge is 0.494 e. The van der Waals surface area contributed by atoms with E-state index in [2.05, 4.69) is 9.72 Å². The molecule has 1 rings (SSSR count). The maximum absolute atomic E-state index is 12.1. The van der Waals surface area contributed by atoms with Crippen molar-refractivity contribution in [2.24, 2.45) is 0 Å². The second-order valence-electron chi connectivity index (χ2n) is 2.84. The van der Waals surface area contributed by atoms with Gasteiger partial charge in [-0.1, -0.05) is 0 Å². The van der Waals surface area contributed by atoms with Gasteiger partial charge in [0.1, 0.15) is 11.4 Å². The third-order valence-corrected chi connectivity index (χ3v) is 2.03. The van der Waals surface area contributed by atoms with Crippen LogP contribution in [0, 0.1) is 0 Å². The Hall–Kier alpha value is -1.50. The van der Waals surface area contributed by atoms with Crippen molar-refractivity contribution < 1.29 is 27.4 Å². The SMILES string of the molecule is COc1cc(CCl)c(OC(F)(F)F)nc1C=O. The van der Waals surface area contributed by atoms with Crippen LogP contribution < -0.4 is 9.47 Å². The number of carbonyl (C=O) groups is 1. The number of nitrogens with zero attached hydrogens (tertiary/aromatic N) is 1. The number of alkyl halides is 4. The van der Waals surface area contributed by atoms with Crippen molar-refractivity contribution in [1.82, 2.24) is 4.98 Å². The van der Waals surface area contributed by atoms with Crippen molar-refractivity contribution in [3.63, 3.8) is 0 Å². The van der Waals surface area contributed by atoms with Gasteiger partial charge in [0.25, 0.3) is 0 Å². The normalized spacial score (nSPS) is 11.1. The summed E-state index contributed by atoms with van der Waals surface area (Å²) in [4.78, 5) is 14.0. The molecule has 0 saturated carbocycles. The van der Waals surface area contributed by atoms with Gasteiger partial charge >= 0.3 is 6.36 Å². The molecule has 0 aromatic carbocycles. The van der Waals surface area contributed by atoms with Crippen LogP contribution in [0.3, 0.4) is 0 Å². The Bertz CT molecular complexity index is 423. The highest BCUT2D eigenvalue weighted by atomic mass is 35.5. The van der Waals surface area contributed by atoms with E-state index in [4.69, 9.17) is 16.3 Å². The van der Waals surface area contributed by atoms with Gasteiger partial charge in [-0.3, -0.25) is 4.79 Å². The van der Waals surface area contributed by atoms with E-state index in [9.17, 15) is 18.0 Å². The topological polar surface area (TPSA) is 48.4 Å². The van der Waals surface area contributed by atoms with E-state index in [-0.39, 0.29) is 29.2 Å². The van der Waals surface area contributed by atoms with E-state index in [0.717, 1.165) is 0 Å². The molecule has 0 radical (unpaired) electrons. The standard InChI is InChI=1S/C9H7ClF3NO3/c1-16-7-2-5(3-10)8(14-6(7)4-15)17-9(11,12)13/h2,4H,3H2,1H3. The molecular weight excluding hydrogens is 263 g/mol. The first kappa shape index (κ1) is 13.6. The van der Waals surface area contributed by atoms with Crippen LogP contribution in [-0.2, 0) is 5.88 Å². The quantitative estimate of drug-likeness (QED) is 0.622. The fourth-order valence-electron chi connectivity index (χ4n) is 1.07. The first-order chi connectivity index (χ1) is 7.91. The summed E-state index contributed by atoms with van der Waals surface area (Å²) >= 11 is 5.45. The molecule has 8 heteroatoms. The summed E-state index contributed by atoms with van der Waals surface area (Å²) in [6, 6.07) is 1.17. The first-order valence-electron chi connectivity index (χ1n) is 4.26. The lowest BCUT2D eigenvalue weighted by Gasteiger charge is -2.13. The van der Waals surface area contributed by atoms with E-state index in [1.807, 2.05) is 0 Å². The molecule has 0 saturated heterocycles. The van der Waals surface area contributed by atoms with E-state index in [1.165, 1.54) is 13.2 Å². The van der Waals surface area contributed by atoms with Gasteiger partial charge in [-0.2, -0.15) is 0 Å². The molecule has 0 unspecified atom stereocenters. The average Bonchev–Trinajstić information content (AvgIpc) is 2.26. The zero-order valence-corrected chi connectivity index (χ0v) is 9.30. The Kier molecular flexibility index (Phi) is 4.17. The van der Waals surface area contributed by atoms with Crippen LogP contribution in [0.15, 0.2) is 6.07 Å². The van der Waals surface area contributed by atoms with Gasteiger partial charge in [-0.05, 0) is 6.07 Å². The molecule has 0 atom stereocenters. The predicted molar refractivity (Wildman–Crippen MR) is 52.4 cm³/mol. The van der Waals surface area contributed by atoms with Gasteiger partial charge in [-0.25, -0.2) is 4.98 Å². The Labute approximate surface area is 99.3 Å². The first-order valence-corrected chi connectivity index (χ1v) is 4.79. The molecule has 1 aromatic rings. The summed E-state index contributed by atoms with van der Waals surface area (Å²) in [7, 11) is 1.26. The highest BCUT2D eigenvalue weighted by Gasteiger charge is 2.33. The van der Waals surface area contributed by atoms with Crippen LogP contribution in [-0.4, -0.2) is 24.7 Å². The predicted octanol–water partition coefficient (Wildman–Crippen LogP) is 2.54. The maximum Gasteiger partial charge on any atom is 0.574 e. The van der Waals surface area contributed by atoms with Gasteiger partial charge in [-0.15, -0.1) is 24.8 Å². The van der Waals surface area contributed by atoms with E-state index >= 15 is 0 Å². The van der Waals surface area contributed by atoms with Gasteiger partial charge in [0, 0.05) is 5.56 Å². The number of hydrogen-bond donors (Lipinski definition) is 0. The summed E-state index contributed by atoms with van der Waals surface area (Å²) in [5.74, 6) is -0.978. The largest absolute Gasteiger partial charge is 0.574 e. The summed E-state index contributed by atoms with van der Waals surface area (Å²) in [5.41, 5.74) is -0.313.